The highest BCUT2D eigenvalue weighted by atomic mass is 16.4. The Bertz CT molecular complexity index is 345. The summed E-state index contributed by atoms with van der Waals surface area (Å²) in [7, 11) is 1.68. The van der Waals surface area contributed by atoms with Crippen LogP contribution in [0, 0.1) is 18.3 Å². The van der Waals surface area contributed by atoms with Crippen LogP contribution in [0.4, 0.5) is 4.79 Å². The zero-order valence-electron chi connectivity index (χ0n) is 10.8. The van der Waals surface area contributed by atoms with Gasteiger partial charge in [-0.05, 0) is 25.2 Å². The first-order valence-corrected chi connectivity index (χ1v) is 6.20. The second kappa shape index (κ2) is 6.90. The van der Waals surface area contributed by atoms with Gasteiger partial charge in [-0.3, -0.25) is 4.79 Å². The first-order chi connectivity index (χ1) is 8.54. The molecule has 0 saturated heterocycles. The van der Waals surface area contributed by atoms with Gasteiger partial charge in [0.05, 0.1) is 6.54 Å². The highest BCUT2D eigenvalue weighted by Gasteiger charge is 2.27. The normalized spacial score (nSPS) is 13.8. The third kappa shape index (κ3) is 5.09. The van der Waals surface area contributed by atoms with Crippen LogP contribution in [0.15, 0.2) is 0 Å². The maximum atomic E-state index is 12.1. The Kier molecular flexibility index (Phi) is 5.50. The number of carboxylic acids is 1. The number of hydrogen-bond acceptors (Lipinski definition) is 2. The summed E-state index contributed by atoms with van der Waals surface area (Å²) in [6.07, 6.45) is 8.13. The summed E-state index contributed by atoms with van der Waals surface area (Å²) in [4.78, 5) is 25.7. The molecule has 1 rings (SSSR count). The lowest BCUT2D eigenvalue weighted by molar-refractivity contribution is -0.137. The van der Waals surface area contributed by atoms with Crippen molar-refractivity contribution < 1.29 is 14.7 Å². The average molecular weight is 252 g/mol. The molecule has 18 heavy (non-hydrogen) atoms. The minimum absolute atomic E-state index is 0.0788. The molecule has 100 valence electrons. The second-order valence-electron chi connectivity index (χ2n) is 4.73. The molecule has 0 heterocycles. The first kappa shape index (κ1) is 14.4. The van der Waals surface area contributed by atoms with Crippen LogP contribution in [0.1, 0.15) is 25.7 Å². The molecule has 1 aliphatic carbocycles. The average Bonchev–Trinajstić information content (AvgIpc) is 3.10. The Morgan fingerprint density at radius 3 is 2.61 bits per heavy atom. The van der Waals surface area contributed by atoms with E-state index in [4.69, 9.17) is 11.5 Å². The number of carbonyl (C=O) groups is 2. The number of hydrogen-bond donors (Lipinski definition) is 1. The standard InChI is InChI=1S/C13H20N2O3/c1-3-8-15(10-11-6-7-11)13(18)14(2)9-4-5-12(16)17/h1,11H,4-10H2,2H3,(H,16,17). The molecule has 5 nitrogen and oxygen atoms in total. The summed E-state index contributed by atoms with van der Waals surface area (Å²) in [6.45, 7) is 1.47. The maximum Gasteiger partial charge on any atom is 0.320 e. The van der Waals surface area contributed by atoms with E-state index in [1.165, 1.54) is 0 Å². The number of aliphatic carboxylic acids is 1. The van der Waals surface area contributed by atoms with E-state index in [1.807, 2.05) is 0 Å². The van der Waals surface area contributed by atoms with Crippen LogP contribution in [0.2, 0.25) is 0 Å². The molecular weight excluding hydrogens is 232 g/mol. The maximum absolute atomic E-state index is 12.1. The first-order valence-electron chi connectivity index (χ1n) is 6.20. The Morgan fingerprint density at radius 1 is 1.44 bits per heavy atom. The molecule has 1 saturated carbocycles. The lowest BCUT2D eigenvalue weighted by Gasteiger charge is -2.26. The van der Waals surface area contributed by atoms with Gasteiger partial charge in [0, 0.05) is 26.6 Å². The van der Waals surface area contributed by atoms with E-state index < -0.39 is 5.97 Å². The third-order valence-electron chi connectivity index (χ3n) is 2.94. The summed E-state index contributed by atoms with van der Waals surface area (Å²) in [5.74, 6) is 2.25. The number of carboxylic acid groups (broad SMARTS) is 1. The predicted octanol–water partition coefficient (Wildman–Crippen LogP) is 1.25. The summed E-state index contributed by atoms with van der Waals surface area (Å²) >= 11 is 0. The molecule has 0 atom stereocenters. The van der Waals surface area contributed by atoms with Gasteiger partial charge in [0.1, 0.15) is 0 Å². The van der Waals surface area contributed by atoms with Crippen molar-refractivity contribution in [2.24, 2.45) is 5.92 Å². The molecule has 0 aromatic rings. The van der Waals surface area contributed by atoms with Gasteiger partial charge in [0.25, 0.3) is 0 Å². The predicted molar refractivity (Wildman–Crippen MR) is 68.0 cm³/mol. The van der Waals surface area contributed by atoms with Crippen LogP contribution in [0.3, 0.4) is 0 Å². The molecule has 1 aliphatic rings. The van der Waals surface area contributed by atoms with E-state index in [2.05, 4.69) is 5.92 Å². The molecule has 2 amide bonds. The Morgan fingerprint density at radius 2 is 2.11 bits per heavy atom. The van der Waals surface area contributed by atoms with Gasteiger partial charge in [-0.1, -0.05) is 5.92 Å². The topological polar surface area (TPSA) is 60.9 Å². The third-order valence-corrected chi connectivity index (χ3v) is 2.94. The zero-order valence-corrected chi connectivity index (χ0v) is 10.8. The van der Waals surface area contributed by atoms with Gasteiger partial charge in [-0.15, -0.1) is 6.42 Å². The number of urea groups is 1. The van der Waals surface area contributed by atoms with Gasteiger partial charge in [-0.2, -0.15) is 0 Å². The van der Waals surface area contributed by atoms with Gasteiger partial charge in [-0.25, -0.2) is 4.79 Å². The van der Waals surface area contributed by atoms with Crippen LogP contribution >= 0.6 is 0 Å². The molecular formula is C13H20N2O3. The number of amides is 2. The van der Waals surface area contributed by atoms with Crippen molar-refractivity contribution in [2.45, 2.75) is 25.7 Å². The fourth-order valence-corrected chi connectivity index (χ4v) is 1.74. The molecule has 1 N–H and O–H groups in total. The lowest BCUT2D eigenvalue weighted by atomic mass is 10.3. The molecule has 0 radical (unpaired) electrons. The molecule has 0 aromatic heterocycles. The summed E-state index contributed by atoms with van der Waals surface area (Å²) in [5.41, 5.74) is 0. The molecule has 0 unspecified atom stereocenters. The van der Waals surface area contributed by atoms with Crippen LogP contribution in [0.25, 0.3) is 0 Å². The van der Waals surface area contributed by atoms with E-state index in [0.717, 1.165) is 12.8 Å². The van der Waals surface area contributed by atoms with Crippen LogP contribution in [-0.4, -0.2) is 53.6 Å². The number of nitrogens with zero attached hydrogens (tertiary/aromatic N) is 2. The number of carbonyl (C=O) groups excluding carboxylic acids is 1. The highest BCUT2D eigenvalue weighted by Crippen LogP contribution is 2.29. The number of rotatable bonds is 7. The molecule has 0 aromatic carbocycles. The van der Waals surface area contributed by atoms with Crippen molar-refractivity contribution in [1.82, 2.24) is 9.80 Å². The van der Waals surface area contributed by atoms with E-state index in [9.17, 15) is 9.59 Å². The van der Waals surface area contributed by atoms with Gasteiger partial charge < -0.3 is 14.9 Å². The van der Waals surface area contributed by atoms with Crippen LogP contribution in [0.5, 0.6) is 0 Å². The summed E-state index contributed by atoms with van der Waals surface area (Å²) in [5, 5.41) is 8.55. The molecule has 1 fully saturated rings. The Labute approximate surface area is 108 Å². The van der Waals surface area contributed by atoms with Crippen molar-refractivity contribution in [3.05, 3.63) is 0 Å². The van der Waals surface area contributed by atoms with Gasteiger partial charge in [0.2, 0.25) is 0 Å². The fourth-order valence-electron chi connectivity index (χ4n) is 1.74. The second-order valence-corrected chi connectivity index (χ2v) is 4.73. The quantitative estimate of drug-likeness (QED) is 0.694. The van der Waals surface area contributed by atoms with Crippen molar-refractivity contribution in [1.29, 1.82) is 0 Å². The smallest absolute Gasteiger partial charge is 0.320 e. The molecule has 5 heteroatoms. The van der Waals surface area contributed by atoms with Crippen molar-refractivity contribution in [3.63, 3.8) is 0 Å². The van der Waals surface area contributed by atoms with Crippen molar-refractivity contribution in [2.75, 3.05) is 26.7 Å². The number of terminal acetylenes is 1. The van der Waals surface area contributed by atoms with E-state index >= 15 is 0 Å². The lowest BCUT2D eigenvalue weighted by Crippen LogP contribution is -2.42. The fraction of sp³-hybridized carbons (Fsp3) is 0.692. The highest BCUT2D eigenvalue weighted by molar-refractivity contribution is 5.74. The minimum atomic E-state index is -0.839. The molecule has 0 bridgehead atoms. The largest absolute Gasteiger partial charge is 0.481 e. The SMILES string of the molecule is C#CCN(CC1CC1)C(=O)N(C)CCCC(=O)O. The molecule has 0 spiro atoms. The Hall–Kier alpha value is -1.70. The Balaban J connectivity index is 2.37. The zero-order chi connectivity index (χ0) is 13.5. The van der Waals surface area contributed by atoms with Crippen molar-refractivity contribution >= 4 is 12.0 Å². The van der Waals surface area contributed by atoms with Crippen LogP contribution < -0.4 is 0 Å². The minimum Gasteiger partial charge on any atom is -0.481 e. The summed E-state index contributed by atoms with van der Waals surface area (Å²) < 4.78 is 0. The van der Waals surface area contributed by atoms with E-state index in [0.29, 0.717) is 32.0 Å². The monoisotopic (exact) mass is 252 g/mol. The van der Waals surface area contributed by atoms with Gasteiger partial charge >= 0.3 is 12.0 Å². The summed E-state index contributed by atoms with van der Waals surface area (Å²) in [6, 6.07) is -0.106. The van der Waals surface area contributed by atoms with E-state index in [-0.39, 0.29) is 12.5 Å². The van der Waals surface area contributed by atoms with E-state index in [1.54, 1.807) is 16.8 Å². The van der Waals surface area contributed by atoms with Gasteiger partial charge in [0.15, 0.2) is 0 Å². The van der Waals surface area contributed by atoms with Crippen molar-refractivity contribution in [3.8, 4) is 12.3 Å². The van der Waals surface area contributed by atoms with Crippen LogP contribution in [-0.2, 0) is 4.79 Å². The molecule has 0 aliphatic heterocycles.